The van der Waals surface area contributed by atoms with Crippen LogP contribution in [0.3, 0.4) is 0 Å². The molecule has 0 aliphatic heterocycles. The van der Waals surface area contributed by atoms with Crippen LogP contribution in [0.4, 0.5) is 0 Å². The Morgan fingerprint density at radius 1 is 0.775 bits per heavy atom. The van der Waals surface area contributed by atoms with E-state index in [0.29, 0.717) is 11.3 Å². The van der Waals surface area contributed by atoms with Crippen molar-refractivity contribution in [2.45, 2.75) is 93.4 Å². The third kappa shape index (κ3) is 8.46. The molecule has 1 atom stereocenters. The van der Waals surface area contributed by atoms with Gasteiger partial charge in [0.05, 0.1) is 0 Å². The molecule has 0 nitrogen and oxygen atoms in total. The van der Waals surface area contributed by atoms with Gasteiger partial charge in [0.1, 0.15) is 0 Å². The second kappa shape index (κ2) is 12.8. The van der Waals surface area contributed by atoms with Crippen LogP contribution < -0.4 is 0 Å². The minimum atomic E-state index is 0.177. The molecule has 40 heavy (non-hydrogen) atoms. The van der Waals surface area contributed by atoms with Crippen LogP contribution in [0.5, 0.6) is 0 Å². The van der Waals surface area contributed by atoms with E-state index in [2.05, 4.69) is 153 Å². The van der Waals surface area contributed by atoms with E-state index in [1.54, 1.807) is 0 Å². The van der Waals surface area contributed by atoms with Crippen molar-refractivity contribution in [3.8, 4) is 11.1 Å². The second-order valence-corrected chi connectivity index (χ2v) is 15.0. The molecule has 5 rings (SSSR count). The van der Waals surface area contributed by atoms with Gasteiger partial charge in [0.15, 0.2) is 0 Å². The molecule has 1 heteroatoms. The monoisotopic (exact) mass is 606 g/mol. The molecule has 0 radical (unpaired) electrons. The number of fused-ring (bicyclic) bond motifs is 3. The Hall–Kier alpha value is -2.11. The van der Waals surface area contributed by atoms with Crippen LogP contribution in [-0.4, -0.2) is 3.71 Å². The summed E-state index contributed by atoms with van der Waals surface area (Å²) in [6.07, 6.45) is 6.74. The van der Waals surface area contributed by atoms with Gasteiger partial charge in [-0.2, -0.15) is 41.0 Å². The van der Waals surface area contributed by atoms with Crippen molar-refractivity contribution in [1.82, 2.24) is 0 Å². The van der Waals surface area contributed by atoms with Gasteiger partial charge in [-0.25, -0.2) is 5.57 Å². The van der Waals surface area contributed by atoms with Gasteiger partial charge in [-0.3, -0.25) is 6.08 Å². The molecule has 0 fully saturated rings. The summed E-state index contributed by atoms with van der Waals surface area (Å²) in [6, 6.07) is 25.4. The maximum atomic E-state index is 3.53. The van der Waals surface area contributed by atoms with Crippen LogP contribution >= 0.6 is 0 Å². The zero-order chi connectivity index (χ0) is 29.9. The first-order valence-electron chi connectivity index (χ1n) is 14.6. The topological polar surface area (TPSA) is 0 Å². The Morgan fingerprint density at radius 3 is 1.82 bits per heavy atom. The molecule has 0 heterocycles. The fraction of sp³-hybridized carbons (Fsp3) is 0.410. The number of allylic oxidation sites excluding steroid dienone is 4. The predicted molar refractivity (Wildman–Crippen MR) is 172 cm³/mol. The average Bonchev–Trinajstić information content (AvgIpc) is 3.42. The summed E-state index contributed by atoms with van der Waals surface area (Å²) in [5.41, 5.74) is 13.2. The first-order valence-corrected chi connectivity index (χ1v) is 16.0. The molecule has 2 aliphatic rings. The molecule has 3 aromatic rings. The Bertz CT molecular complexity index is 1320. The molecule has 0 bridgehead atoms. The van der Waals surface area contributed by atoms with Crippen molar-refractivity contribution < 1.29 is 24.2 Å². The van der Waals surface area contributed by atoms with Gasteiger partial charge < -0.3 is 0 Å². The zero-order valence-electron chi connectivity index (χ0n) is 26.7. The molecule has 0 aromatic heterocycles. The van der Waals surface area contributed by atoms with Gasteiger partial charge in [-0.15, -0.1) is 5.56 Å². The van der Waals surface area contributed by atoms with Crippen LogP contribution in [0.1, 0.15) is 104 Å². The number of benzene rings is 3. The summed E-state index contributed by atoms with van der Waals surface area (Å²) in [5, 5.41) is 0. The molecule has 0 spiro atoms. The Labute approximate surface area is 260 Å². The van der Waals surface area contributed by atoms with Gasteiger partial charge in [-0.05, 0) is 17.4 Å². The molecule has 0 saturated heterocycles. The molecule has 1 unspecified atom stereocenters. The van der Waals surface area contributed by atoms with Crippen molar-refractivity contribution >= 4 is 3.71 Å². The van der Waals surface area contributed by atoms with E-state index in [1.165, 1.54) is 74.3 Å². The van der Waals surface area contributed by atoms with E-state index in [4.69, 9.17) is 0 Å². The quantitative estimate of drug-likeness (QED) is 0.189. The van der Waals surface area contributed by atoms with Crippen LogP contribution in [0.15, 0.2) is 77.9 Å². The fourth-order valence-electron chi connectivity index (χ4n) is 5.18. The second-order valence-electron chi connectivity index (χ2n) is 14.3. The van der Waals surface area contributed by atoms with Crippen LogP contribution in [0.2, 0.25) is 0 Å². The standard InChI is InChI=1S/C21H25.C11H17.C7H6.Zr/c1-20(2,3)16-9-7-14-11-15-8-10-17(21(4,5)6)13-19(15)18(14)12-16;1-8-6-9(2)10(7-8)11(3,4)5;1-7-5-3-2-4-6-7;/h7,9-10,12-13H,11H2,1-6H3;7-8H,1-5H3;1-6H;/q2*-1;;+2. The van der Waals surface area contributed by atoms with Crippen LogP contribution in [0, 0.1) is 23.5 Å². The van der Waals surface area contributed by atoms with Crippen molar-refractivity contribution in [1.29, 1.82) is 0 Å². The molecule has 0 saturated carbocycles. The first kappa shape index (κ1) is 32.4. The van der Waals surface area contributed by atoms with Gasteiger partial charge >= 0.3 is 63.8 Å². The van der Waals surface area contributed by atoms with Gasteiger partial charge in [-0.1, -0.05) is 122 Å². The third-order valence-corrected chi connectivity index (χ3v) is 8.38. The molecule has 2 aliphatic carbocycles. The van der Waals surface area contributed by atoms with E-state index in [1.807, 2.05) is 6.07 Å². The molecule has 0 amide bonds. The van der Waals surface area contributed by atoms with E-state index in [9.17, 15) is 0 Å². The summed E-state index contributed by atoms with van der Waals surface area (Å²) in [6.45, 7) is 24.7. The Morgan fingerprint density at radius 2 is 1.38 bits per heavy atom. The molecule has 208 valence electrons. The Kier molecular flexibility index (Phi) is 10.4. The molecule has 0 N–H and O–H groups in total. The maximum absolute atomic E-state index is 3.53. The van der Waals surface area contributed by atoms with Crippen molar-refractivity contribution in [2.75, 3.05) is 0 Å². The average molecular weight is 608 g/mol. The number of hydrogen-bond acceptors (Lipinski definition) is 0. The van der Waals surface area contributed by atoms with E-state index in [-0.39, 0.29) is 10.8 Å². The van der Waals surface area contributed by atoms with Crippen LogP contribution in [-0.2, 0) is 41.5 Å². The normalized spacial score (nSPS) is 16.0. The van der Waals surface area contributed by atoms with Crippen molar-refractivity contribution in [3.63, 3.8) is 0 Å². The Balaban J connectivity index is 0.000000193. The van der Waals surface area contributed by atoms with Crippen LogP contribution in [0.25, 0.3) is 11.1 Å². The van der Waals surface area contributed by atoms with Gasteiger partial charge in [0.2, 0.25) is 0 Å². The SMILES string of the molecule is CC(C)(C)c1c[c-]c2c(c1)-c1cc(C(C)(C)C)ccc1C2.CC1=[C-]C(C)C=C1C(C)(C)C.[Zr+2]=[CH]c1ccccc1. The van der Waals surface area contributed by atoms with E-state index >= 15 is 0 Å². The van der Waals surface area contributed by atoms with Gasteiger partial charge in [0, 0.05) is 0 Å². The summed E-state index contributed by atoms with van der Waals surface area (Å²) >= 11 is 1.46. The number of rotatable bonds is 1. The zero-order valence-corrected chi connectivity index (χ0v) is 29.2. The first-order chi connectivity index (χ1) is 18.5. The fourth-order valence-corrected chi connectivity index (χ4v) is 5.66. The van der Waals surface area contributed by atoms with E-state index in [0.717, 1.165) is 6.42 Å². The minimum absolute atomic E-state index is 0.177. The van der Waals surface area contributed by atoms with E-state index < -0.39 is 0 Å². The molecular formula is C39H48Zr. The summed E-state index contributed by atoms with van der Waals surface area (Å²) in [5.74, 6) is 0.518. The van der Waals surface area contributed by atoms with Gasteiger partial charge in [0.25, 0.3) is 0 Å². The predicted octanol–water partition coefficient (Wildman–Crippen LogP) is 10.4. The molecular weight excluding hydrogens is 560 g/mol. The number of hydrogen-bond donors (Lipinski definition) is 0. The third-order valence-electron chi connectivity index (χ3n) is 7.57. The molecule has 3 aromatic carbocycles. The summed E-state index contributed by atoms with van der Waals surface area (Å²) < 4.78 is 2.17. The summed E-state index contributed by atoms with van der Waals surface area (Å²) in [7, 11) is 0. The van der Waals surface area contributed by atoms with Crippen molar-refractivity contribution in [2.24, 2.45) is 11.3 Å². The summed E-state index contributed by atoms with van der Waals surface area (Å²) in [4.78, 5) is 0. The van der Waals surface area contributed by atoms with Crippen molar-refractivity contribution in [3.05, 3.63) is 118 Å².